The van der Waals surface area contributed by atoms with E-state index in [0.29, 0.717) is 0 Å². The Morgan fingerprint density at radius 1 is 1.05 bits per heavy atom. The molecule has 1 N–H and O–H groups in total. The predicted molar refractivity (Wildman–Crippen MR) is 88.4 cm³/mol. The Hall–Kier alpha value is -2.39. The van der Waals surface area contributed by atoms with Crippen LogP contribution in [0.25, 0.3) is 33.3 Å². The lowest BCUT2D eigenvalue weighted by Crippen LogP contribution is -1.80. The van der Waals surface area contributed by atoms with Gasteiger partial charge in [-0.25, -0.2) is 4.98 Å². The number of H-pyrrole nitrogens is 1. The van der Waals surface area contributed by atoms with Crippen molar-refractivity contribution >= 4 is 22.4 Å². The first-order valence-electron chi connectivity index (χ1n) is 6.80. The number of aromatic nitrogens is 2. The van der Waals surface area contributed by atoms with Crippen LogP contribution < -0.4 is 0 Å². The van der Waals surface area contributed by atoms with Crippen molar-refractivity contribution in [1.82, 2.24) is 9.97 Å². The Kier molecular flexibility index (Phi) is 2.86. The maximum absolute atomic E-state index is 4.31. The van der Waals surface area contributed by atoms with E-state index in [9.17, 15) is 0 Å². The van der Waals surface area contributed by atoms with Crippen molar-refractivity contribution in [2.45, 2.75) is 6.92 Å². The number of hydrogen-bond donors (Lipinski definition) is 1. The first-order chi connectivity index (χ1) is 10.3. The number of aryl methyl sites for hydroxylation is 1. The van der Waals surface area contributed by atoms with Gasteiger partial charge in [0.25, 0.3) is 0 Å². The van der Waals surface area contributed by atoms with Crippen LogP contribution in [0.3, 0.4) is 0 Å². The maximum atomic E-state index is 4.31. The number of thiophene rings is 1. The fourth-order valence-electron chi connectivity index (χ4n) is 2.48. The van der Waals surface area contributed by atoms with Crippen LogP contribution in [0.1, 0.15) is 4.88 Å². The number of fused-ring (bicyclic) bond motifs is 1. The summed E-state index contributed by atoms with van der Waals surface area (Å²) in [5.74, 6) is 0. The maximum Gasteiger partial charge on any atom is 0.0931 e. The molecule has 0 unspecified atom stereocenters. The molecular weight excluding hydrogens is 276 g/mol. The van der Waals surface area contributed by atoms with Crippen molar-refractivity contribution in [1.29, 1.82) is 0 Å². The Labute approximate surface area is 127 Å². The van der Waals surface area contributed by atoms with E-state index >= 15 is 0 Å². The molecule has 2 nitrogen and oxygen atoms in total. The van der Waals surface area contributed by atoms with Crippen molar-refractivity contribution in [3.05, 3.63) is 65.1 Å². The summed E-state index contributed by atoms with van der Waals surface area (Å²) in [5, 5.41) is 2.18. The number of hydrogen-bond acceptors (Lipinski definition) is 2. The molecule has 0 amide bonds. The lowest BCUT2D eigenvalue weighted by molar-refractivity contribution is 1.34. The van der Waals surface area contributed by atoms with Crippen molar-refractivity contribution in [3.63, 3.8) is 0 Å². The number of aromatic amines is 1. The van der Waals surface area contributed by atoms with Crippen LogP contribution >= 0.6 is 11.3 Å². The Balaban J connectivity index is 1.72. The molecule has 0 spiro atoms. The van der Waals surface area contributed by atoms with Crippen LogP contribution in [-0.2, 0) is 0 Å². The lowest BCUT2D eigenvalue weighted by Gasteiger charge is -2.03. The largest absolute Gasteiger partial charge is 0.345 e. The molecule has 2 aromatic carbocycles. The molecule has 4 aromatic rings. The summed E-state index contributed by atoms with van der Waals surface area (Å²) >= 11 is 1.77. The predicted octanol–water partition coefficient (Wildman–Crippen LogP) is 5.07. The molecule has 0 fully saturated rings. The molecule has 101 valence electrons. The summed E-state index contributed by atoms with van der Waals surface area (Å²) in [6.07, 6.45) is 1.72. The fourth-order valence-corrected chi connectivity index (χ4v) is 3.18. The van der Waals surface area contributed by atoms with Crippen molar-refractivity contribution < 1.29 is 0 Å². The van der Waals surface area contributed by atoms with Crippen molar-refractivity contribution in [3.8, 4) is 22.3 Å². The first kappa shape index (κ1) is 12.4. The molecule has 0 atom stereocenters. The second-order valence-corrected chi connectivity index (χ2v) is 6.19. The molecule has 4 rings (SSSR count). The van der Waals surface area contributed by atoms with Crippen LogP contribution in [-0.4, -0.2) is 9.97 Å². The van der Waals surface area contributed by atoms with E-state index in [1.807, 2.05) is 0 Å². The Morgan fingerprint density at radius 3 is 2.71 bits per heavy atom. The van der Waals surface area contributed by atoms with E-state index in [4.69, 9.17) is 0 Å². The van der Waals surface area contributed by atoms with Gasteiger partial charge in [-0.3, -0.25) is 0 Å². The number of nitrogens with one attached hydrogen (secondary N) is 1. The van der Waals surface area contributed by atoms with Crippen LogP contribution in [0.15, 0.2) is 54.2 Å². The molecule has 0 aliphatic rings. The van der Waals surface area contributed by atoms with Gasteiger partial charge >= 0.3 is 0 Å². The van der Waals surface area contributed by atoms with E-state index in [-0.39, 0.29) is 0 Å². The van der Waals surface area contributed by atoms with Gasteiger partial charge in [0.1, 0.15) is 0 Å². The van der Waals surface area contributed by atoms with Gasteiger partial charge in [0.05, 0.1) is 17.4 Å². The third kappa shape index (κ3) is 2.26. The van der Waals surface area contributed by atoms with E-state index in [0.717, 1.165) is 22.2 Å². The monoisotopic (exact) mass is 289 g/mol. The lowest BCUT2D eigenvalue weighted by atomic mass is 10.0. The Morgan fingerprint density at radius 2 is 1.95 bits per heavy atom. The highest BCUT2D eigenvalue weighted by atomic mass is 32.1. The van der Waals surface area contributed by atoms with Gasteiger partial charge in [0, 0.05) is 4.88 Å². The summed E-state index contributed by atoms with van der Waals surface area (Å²) in [5.41, 5.74) is 6.77. The zero-order chi connectivity index (χ0) is 14.2. The summed E-state index contributed by atoms with van der Waals surface area (Å²) in [7, 11) is 0. The van der Waals surface area contributed by atoms with Crippen molar-refractivity contribution in [2.24, 2.45) is 0 Å². The van der Waals surface area contributed by atoms with Gasteiger partial charge in [-0.2, -0.15) is 0 Å². The summed E-state index contributed by atoms with van der Waals surface area (Å²) < 4.78 is 0. The van der Waals surface area contributed by atoms with Gasteiger partial charge in [0.2, 0.25) is 0 Å². The third-order valence-corrected chi connectivity index (χ3v) is 4.47. The molecular formula is C18H13N2S. The molecule has 2 heterocycles. The standard InChI is InChI=1S/C18H13N2S/c1-12-8-16(10-21-12)14-4-2-13(3-5-14)15-6-7-17-18(9-15)20-11-19-17/h2-4,6-11H,1H3,(H,19,20). The molecule has 0 bridgehead atoms. The number of nitrogens with zero attached hydrogens (tertiary/aromatic N) is 1. The minimum Gasteiger partial charge on any atom is -0.345 e. The fraction of sp³-hybridized carbons (Fsp3) is 0.0556. The van der Waals surface area contributed by atoms with E-state index in [1.165, 1.54) is 16.0 Å². The molecule has 0 aliphatic carbocycles. The summed E-state index contributed by atoms with van der Waals surface area (Å²) in [4.78, 5) is 8.75. The molecule has 0 saturated heterocycles. The van der Waals surface area contributed by atoms with Gasteiger partial charge in [-0.05, 0) is 64.9 Å². The van der Waals surface area contributed by atoms with Crippen LogP contribution in [0.2, 0.25) is 0 Å². The molecule has 0 saturated carbocycles. The minimum absolute atomic E-state index is 0.991. The van der Waals surface area contributed by atoms with E-state index in [1.54, 1.807) is 17.7 Å². The van der Waals surface area contributed by atoms with Gasteiger partial charge in [0.15, 0.2) is 0 Å². The molecule has 3 heteroatoms. The van der Waals surface area contributed by atoms with E-state index in [2.05, 4.69) is 70.8 Å². The third-order valence-electron chi connectivity index (χ3n) is 3.61. The van der Waals surface area contributed by atoms with Crippen molar-refractivity contribution in [2.75, 3.05) is 0 Å². The SMILES string of the molecule is Cc1cc(-c2[c]cc(-c3ccc4[nH]cnc4c3)cc2)cs1. The number of benzene rings is 2. The second-order valence-electron chi connectivity index (χ2n) is 5.07. The van der Waals surface area contributed by atoms with Gasteiger partial charge in [-0.15, -0.1) is 11.3 Å². The molecule has 1 radical (unpaired) electrons. The smallest absolute Gasteiger partial charge is 0.0931 e. The summed E-state index contributed by atoms with van der Waals surface area (Å²) in [6.45, 7) is 2.13. The number of rotatable bonds is 2. The van der Waals surface area contributed by atoms with Crippen LogP contribution in [0, 0.1) is 13.0 Å². The number of imidazole rings is 1. The molecule has 2 aromatic heterocycles. The highest BCUT2D eigenvalue weighted by Gasteiger charge is 2.04. The first-order valence-corrected chi connectivity index (χ1v) is 7.68. The van der Waals surface area contributed by atoms with E-state index < -0.39 is 0 Å². The average Bonchev–Trinajstić information content (AvgIpc) is 3.15. The normalized spacial score (nSPS) is 11.1. The Bertz CT molecular complexity index is 900. The quantitative estimate of drug-likeness (QED) is 0.548. The highest BCUT2D eigenvalue weighted by Crippen LogP contribution is 2.28. The minimum atomic E-state index is 0.991. The average molecular weight is 289 g/mol. The second kappa shape index (κ2) is 4.86. The van der Waals surface area contributed by atoms with Gasteiger partial charge < -0.3 is 4.98 Å². The molecule has 21 heavy (non-hydrogen) atoms. The zero-order valence-corrected chi connectivity index (χ0v) is 12.4. The molecule has 0 aliphatic heterocycles. The zero-order valence-electron chi connectivity index (χ0n) is 11.6. The van der Waals surface area contributed by atoms with Crippen LogP contribution in [0.5, 0.6) is 0 Å². The highest BCUT2D eigenvalue weighted by molar-refractivity contribution is 7.10. The topological polar surface area (TPSA) is 28.7 Å². The summed E-state index contributed by atoms with van der Waals surface area (Å²) in [6, 6.07) is 18.2. The van der Waals surface area contributed by atoms with Gasteiger partial charge in [-0.1, -0.05) is 18.2 Å². The van der Waals surface area contributed by atoms with Crippen LogP contribution in [0.4, 0.5) is 0 Å².